The number of hydrogen-bond acceptors (Lipinski definition) is 6. The van der Waals surface area contributed by atoms with Crippen LogP contribution in [0.5, 0.6) is 0 Å². The number of oxazole rings is 1. The molecule has 0 radical (unpaired) electrons. The van der Waals surface area contributed by atoms with Gasteiger partial charge in [0.15, 0.2) is 5.69 Å². The Kier molecular flexibility index (Phi) is 6.91. The van der Waals surface area contributed by atoms with Crippen molar-refractivity contribution in [3.63, 3.8) is 0 Å². The highest BCUT2D eigenvalue weighted by atomic mass is 16.5. The summed E-state index contributed by atoms with van der Waals surface area (Å²) in [6, 6.07) is 9.51. The zero-order chi connectivity index (χ0) is 18.1. The maximum atomic E-state index is 12.4. The van der Waals surface area contributed by atoms with Gasteiger partial charge in [0.05, 0.1) is 20.3 Å². The summed E-state index contributed by atoms with van der Waals surface area (Å²) in [5.41, 5.74) is 0.989. The third-order valence-electron chi connectivity index (χ3n) is 3.37. The standard InChI is InChI=1S/C18H20N2O5/c1-23-11-10-20(12-16-19-15(13-25-16)18(22)24-2)17(21)9-8-14-6-4-3-5-7-14/h3-9,13H,10-12H2,1-2H3/b9-8+. The summed E-state index contributed by atoms with van der Waals surface area (Å²) in [5.74, 6) is -0.551. The summed E-state index contributed by atoms with van der Waals surface area (Å²) < 4.78 is 14.9. The van der Waals surface area contributed by atoms with E-state index in [4.69, 9.17) is 9.15 Å². The van der Waals surface area contributed by atoms with Gasteiger partial charge in [-0.05, 0) is 11.6 Å². The summed E-state index contributed by atoms with van der Waals surface area (Å²) >= 11 is 0. The molecule has 2 aromatic rings. The average Bonchev–Trinajstić information content (AvgIpc) is 3.12. The van der Waals surface area contributed by atoms with Crippen LogP contribution in [0.15, 0.2) is 47.1 Å². The highest BCUT2D eigenvalue weighted by Crippen LogP contribution is 2.09. The van der Waals surface area contributed by atoms with E-state index in [-0.39, 0.29) is 24.0 Å². The van der Waals surface area contributed by atoms with Gasteiger partial charge in [-0.25, -0.2) is 9.78 Å². The first kappa shape index (κ1) is 18.4. The molecule has 0 spiro atoms. The zero-order valence-electron chi connectivity index (χ0n) is 14.2. The molecule has 0 aliphatic heterocycles. The van der Waals surface area contributed by atoms with E-state index < -0.39 is 5.97 Å². The fourth-order valence-corrected chi connectivity index (χ4v) is 2.05. The smallest absolute Gasteiger partial charge is 0.360 e. The molecule has 1 amide bonds. The molecule has 0 unspecified atom stereocenters. The van der Waals surface area contributed by atoms with Gasteiger partial charge in [-0.3, -0.25) is 4.79 Å². The van der Waals surface area contributed by atoms with E-state index in [0.29, 0.717) is 13.2 Å². The van der Waals surface area contributed by atoms with Crippen LogP contribution in [0, 0.1) is 0 Å². The van der Waals surface area contributed by atoms with Crippen LogP contribution in [0.2, 0.25) is 0 Å². The minimum atomic E-state index is -0.589. The van der Waals surface area contributed by atoms with Crippen LogP contribution < -0.4 is 0 Å². The molecule has 0 aliphatic rings. The molecule has 1 aromatic heterocycles. The topological polar surface area (TPSA) is 81.9 Å². The van der Waals surface area contributed by atoms with Gasteiger partial charge in [0, 0.05) is 19.7 Å². The van der Waals surface area contributed by atoms with Gasteiger partial charge >= 0.3 is 5.97 Å². The molecule has 1 heterocycles. The van der Waals surface area contributed by atoms with Crippen LogP contribution in [0.1, 0.15) is 21.9 Å². The molecule has 0 atom stereocenters. The summed E-state index contributed by atoms with van der Waals surface area (Å²) in [6.45, 7) is 0.859. The van der Waals surface area contributed by atoms with Crippen LogP contribution in [0.3, 0.4) is 0 Å². The number of aromatic nitrogens is 1. The molecule has 0 saturated heterocycles. The van der Waals surface area contributed by atoms with Crippen molar-refractivity contribution in [2.24, 2.45) is 0 Å². The fraction of sp³-hybridized carbons (Fsp3) is 0.278. The minimum Gasteiger partial charge on any atom is -0.464 e. The molecule has 0 bridgehead atoms. The van der Waals surface area contributed by atoms with Crippen molar-refractivity contribution in [1.29, 1.82) is 0 Å². The van der Waals surface area contributed by atoms with Crippen molar-refractivity contribution in [1.82, 2.24) is 9.88 Å². The van der Waals surface area contributed by atoms with Gasteiger partial charge < -0.3 is 18.8 Å². The Labute approximate surface area is 145 Å². The molecular weight excluding hydrogens is 324 g/mol. The fourth-order valence-electron chi connectivity index (χ4n) is 2.05. The molecule has 132 valence electrons. The minimum absolute atomic E-state index is 0.0662. The monoisotopic (exact) mass is 344 g/mol. The van der Waals surface area contributed by atoms with E-state index in [9.17, 15) is 9.59 Å². The summed E-state index contributed by atoms with van der Waals surface area (Å²) in [4.78, 5) is 29.4. The molecule has 0 saturated carbocycles. The quantitative estimate of drug-likeness (QED) is 0.539. The Morgan fingerprint density at radius 3 is 2.68 bits per heavy atom. The number of carbonyl (C=O) groups excluding carboxylic acids is 2. The van der Waals surface area contributed by atoms with Crippen LogP contribution in [0.4, 0.5) is 0 Å². The third-order valence-corrected chi connectivity index (χ3v) is 3.37. The normalized spacial score (nSPS) is 10.8. The van der Waals surface area contributed by atoms with Crippen molar-refractivity contribution in [3.05, 3.63) is 59.8 Å². The Balaban J connectivity index is 2.07. The number of rotatable bonds is 8. The second-order valence-electron chi connectivity index (χ2n) is 5.11. The summed E-state index contributed by atoms with van der Waals surface area (Å²) in [6.07, 6.45) is 4.42. The SMILES string of the molecule is COCCN(Cc1nc(C(=O)OC)co1)C(=O)/C=C/c1ccccc1. The van der Waals surface area contributed by atoms with E-state index in [1.54, 1.807) is 13.2 Å². The molecule has 2 rings (SSSR count). The predicted molar refractivity (Wildman–Crippen MR) is 90.6 cm³/mol. The summed E-state index contributed by atoms with van der Waals surface area (Å²) in [5, 5.41) is 0. The predicted octanol–water partition coefficient (Wildman–Crippen LogP) is 2.15. The van der Waals surface area contributed by atoms with Gasteiger partial charge in [-0.2, -0.15) is 0 Å². The van der Waals surface area contributed by atoms with Crippen LogP contribution in [0.25, 0.3) is 6.08 Å². The van der Waals surface area contributed by atoms with Crippen LogP contribution >= 0.6 is 0 Å². The van der Waals surface area contributed by atoms with E-state index in [1.165, 1.54) is 24.3 Å². The third kappa shape index (κ3) is 5.58. The lowest BCUT2D eigenvalue weighted by Crippen LogP contribution is -2.32. The number of benzene rings is 1. The van der Waals surface area contributed by atoms with Crippen LogP contribution in [-0.4, -0.2) is 49.1 Å². The Hall–Kier alpha value is -2.93. The molecule has 25 heavy (non-hydrogen) atoms. The Morgan fingerprint density at radius 1 is 1.24 bits per heavy atom. The lowest BCUT2D eigenvalue weighted by Gasteiger charge is -2.18. The zero-order valence-corrected chi connectivity index (χ0v) is 14.2. The maximum Gasteiger partial charge on any atom is 0.360 e. The Bertz CT molecular complexity index is 724. The number of ether oxygens (including phenoxy) is 2. The highest BCUT2D eigenvalue weighted by molar-refractivity contribution is 5.91. The first-order valence-electron chi connectivity index (χ1n) is 7.67. The maximum absolute atomic E-state index is 12.4. The number of hydrogen-bond donors (Lipinski definition) is 0. The number of esters is 1. The van der Waals surface area contributed by atoms with Crippen molar-refractivity contribution in [2.75, 3.05) is 27.4 Å². The van der Waals surface area contributed by atoms with Crippen molar-refractivity contribution < 1.29 is 23.5 Å². The first-order chi connectivity index (χ1) is 12.1. The number of methoxy groups -OCH3 is 2. The lowest BCUT2D eigenvalue weighted by atomic mass is 10.2. The molecule has 1 aromatic carbocycles. The number of nitrogens with zero attached hydrogens (tertiary/aromatic N) is 2. The molecule has 7 nitrogen and oxygen atoms in total. The van der Waals surface area contributed by atoms with E-state index in [1.807, 2.05) is 30.3 Å². The largest absolute Gasteiger partial charge is 0.464 e. The molecule has 0 fully saturated rings. The second-order valence-corrected chi connectivity index (χ2v) is 5.11. The molecule has 7 heteroatoms. The van der Waals surface area contributed by atoms with Crippen molar-refractivity contribution in [2.45, 2.75) is 6.54 Å². The number of carbonyl (C=O) groups is 2. The Morgan fingerprint density at radius 2 is 2.00 bits per heavy atom. The van der Waals surface area contributed by atoms with Crippen LogP contribution in [-0.2, 0) is 20.8 Å². The van der Waals surface area contributed by atoms with Gasteiger partial charge in [-0.15, -0.1) is 0 Å². The van der Waals surface area contributed by atoms with Crippen molar-refractivity contribution in [3.8, 4) is 0 Å². The number of amides is 1. The van der Waals surface area contributed by atoms with Gasteiger partial charge in [0.2, 0.25) is 11.8 Å². The van der Waals surface area contributed by atoms with Gasteiger partial charge in [0.1, 0.15) is 6.26 Å². The van der Waals surface area contributed by atoms with E-state index in [0.717, 1.165) is 5.56 Å². The van der Waals surface area contributed by atoms with Crippen molar-refractivity contribution >= 4 is 18.0 Å². The lowest BCUT2D eigenvalue weighted by molar-refractivity contribution is -0.127. The average molecular weight is 344 g/mol. The van der Waals surface area contributed by atoms with Gasteiger partial charge in [0.25, 0.3) is 0 Å². The highest BCUT2D eigenvalue weighted by Gasteiger charge is 2.17. The first-order valence-corrected chi connectivity index (χ1v) is 7.67. The van der Waals surface area contributed by atoms with E-state index in [2.05, 4.69) is 9.72 Å². The summed E-state index contributed by atoms with van der Waals surface area (Å²) in [7, 11) is 2.82. The molecular formula is C18H20N2O5. The van der Waals surface area contributed by atoms with E-state index >= 15 is 0 Å². The molecule has 0 aliphatic carbocycles. The molecule has 0 N–H and O–H groups in total. The second kappa shape index (κ2) is 9.39. The van der Waals surface area contributed by atoms with Gasteiger partial charge in [-0.1, -0.05) is 30.3 Å².